The summed E-state index contributed by atoms with van der Waals surface area (Å²) in [7, 11) is 0. The molecule has 12 heteroatoms. The number of rotatable bonds is 17. The van der Waals surface area contributed by atoms with Crippen molar-refractivity contribution in [2.24, 2.45) is 0 Å². The predicted molar refractivity (Wildman–Crippen MR) is 185 cm³/mol. The summed E-state index contributed by atoms with van der Waals surface area (Å²) in [6.45, 7) is 2.10. The molecule has 0 saturated carbocycles. The van der Waals surface area contributed by atoms with Crippen LogP contribution in [-0.2, 0) is 28.7 Å². The highest BCUT2D eigenvalue weighted by Crippen LogP contribution is 2.32. The van der Waals surface area contributed by atoms with Crippen molar-refractivity contribution in [3.8, 4) is 11.5 Å². The number of aliphatic carboxylic acids is 1. The van der Waals surface area contributed by atoms with E-state index in [-0.39, 0.29) is 29.1 Å². The van der Waals surface area contributed by atoms with Crippen LogP contribution >= 0.6 is 0 Å². The number of unbranched alkanes of at least 4 members (excludes halogenated alkanes) is 4. The van der Waals surface area contributed by atoms with Crippen LogP contribution < -0.4 is 14.8 Å². The number of carbonyl (C=O) groups excluding carboxylic acids is 3. The fourth-order valence-corrected chi connectivity index (χ4v) is 5.20. The summed E-state index contributed by atoms with van der Waals surface area (Å²) >= 11 is 0. The zero-order chi connectivity index (χ0) is 36.8. The number of carboxylic acid groups (broad SMARTS) is 1. The summed E-state index contributed by atoms with van der Waals surface area (Å²) in [6, 6.07) is 23.3. The van der Waals surface area contributed by atoms with Crippen LogP contribution in [0.5, 0.6) is 11.5 Å². The Morgan fingerprint density at radius 1 is 0.765 bits per heavy atom. The van der Waals surface area contributed by atoms with Crippen LogP contribution in [0.15, 0.2) is 97.1 Å². The smallest absolute Gasteiger partial charge is 0.416 e. The third kappa shape index (κ3) is 12.0. The SMILES string of the molecule is CCCCCCCOc1ccc(C(=O)Oc2ccc(CN(CC(=O)O)C(=O)c3ccc(NC(=O)Cc4ccccc4C(F)(F)F)cc3)cc2)cc1. The van der Waals surface area contributed by atoms with Gasteiger partial charge in [0.05, 0.1) is 24.2 Å². The number of nitrogens with one attached hydrogen (secondary N) is 1. The summed E-state index contributed by atoms with van der Waals surface area (Å²) in [4.78, 5) is 51.2. The molecule has 4 aromatic rings. The molecule has 0 saturated heterocycles. The van der Waals surface area contributed by atoms with Crippen LogP contribution in [0.4, 0.5) is 18.9 Å². The van der Waals surface area contributed by atoms with Crippen molar-refractivity contribution in [1.29, 1.82) is 0 Å². The van der Waals surface area contributed by atoms with Crippen LogP contribution in [0.1, 0.15) is 76.4 Å². The molecule has 51 heavy (non-hydrogen) atoms. The van der Waals surface area contributed by atoms with E-state index in [0.717, 1.165) is 23.8 Å². The van der Waals surface area contributed by atoms with E-state index in [1.807, 2.05) is 0 Å². The molecular formula is C39H39F3N2O7. The van der Waals surface area contributed by atoms with Crippen LogP contribution in [0.25, 0.3) is 0 Å². The van der Waals surface area contributed by atoms with Gasteiger partial charge in [-0.3, -0.25) is 14.4 Å². The third-order valence-electron chi connectivity index (χ3n) is 7.82. The Kier molecular flexibility index (Phi) is 13.7. The number of carboxylic acids is 1. The molecule has 4 rings (SSSR count). The molecule has 0 aliphatic heterocycles. The Balaban J connectivity index is 1.31. The van der Waals surface area contributed by atoms with Crippen molar-refractivity contribution in [3.05, 3.63) is 125 Å². The van der Waals surface area contributed by atoms with Gasteiger partial charge in [-0.05, 0) is 84.3 Å². The molecular weight excluding hydrogens is 665 g/mol. The van der Waals surface area contributed by atoms with E-state index in [1.54, 1.807) is 36.4 Å². The number of benzene rings is 4. The molecule has 0 heterocycles. The highest BCUT2D eigenvalue weighted by atomic mass is 19.4. The van der Waals surface area contributed by atoms with Crippen molar-refractivity contribution in [3.63, 3.8) is 0 Å². The summed E-state index contributed by atoms with van der Waals surface area (Å²) in [5.74, 6) is -2.17. The van der Waals surface area contributed by atoms with Gasteiger partial charge in [0.2, 0.25) is 5.91 Å². The normalized spacial score (nSPS) is 11.1. The van der Waals surface area contributed by atoms with Gasteiger partial charge in [0.15, 0.2) is 0 Å². The van der Waals surface area contributed by atoms with E-state index >= 15 is 0 Å². The first-order valence-electron chi connectivity index (χ1n) is 16.5. The van der Waals surface area contributed by atoms with Gasteiger partial charge < -0.3 is 24.8 Å². The number of halogens is 3. The summed E-state index contributed by atoms with van der Waals surface area (Å²) in [5.41, 5.74) is 0.210. The molecule has 2 amide bonds. The maximum Gasteiger partial charge on any atom is 0.416 e. The number of esters is 1. The van der Waals surface area contributed by atoms with Crippen LogP contribution in [0.2, 0.25) is 0 Å². The summed E-state index contributed by atoms with van der Waals surface area (Å²) in [5, 5.41) is 12.0. The number of hydrogen-bond acceptors (Lipinski definition) is 6. The molecule has 268 valence electrons. The zero-order valence-corrected chi connectivity index (χ0v) is 28.1. The lowest BCUT2D eigenvalue weighted by atomic mass is 10.0. The van der Waals surface area contributed by atoms with Crippen molar-refractivity contribution < 1.29 is 46.9 Å². The van der Waals surface area contributed by atoms with Gasteiger partial charge in [-0.1, -0.05) is 62.9 Å². The lowest BCUT2D eigenvalue weighted by Gasteiger charge is -2.21. The van der Waals surface area contributed by atoms with Crippen molar-refractivity contribution in [2.75, 3.05) is 18.5 Å². The first-order valence-corrected chi connectivity index (χ1v) is 16.5. The highest BCUT2D eigenvalue weighted by molar-refractivity contribution is 5.97. The average molecular weight is 705 g/mol. The second-order valence-electron chi connectivity index (χ2n) is 11.8. The van der Waals surface area contributed by atoms with Gasteiger partial charge in [0.1, 0.15) is 18.0 Å². The molecule has 0 atom stereocenters. The monoisotopic (exact) mass is 704 g/mol. The molecule has 0 aliphatic rings. The van der Waals surface area contributed by atoms with E-state index in [0.29, 0.717) is 23.5 Å². The Bertz CT molecular complexity index is 1770. The largest absolute Gasteiger partial charge is 0.494 e. The lowest BCUT2D eigenvalue weighted by molar-refractivity contribution is -0.139. The van der Waals surface area contributed by atoms with Crippen LogP contribution in [0, 0.1) is 0 Å². The number of hydrogen-bond donors (Lipinski definition) is 2. The topological polar surface area (TPSA) is 122 Å². The number of carbonyl (C=O) groups is 4. The molecule has 0 unspecified atom stereocenters. The maximum atomic E-state index is 13.3. The Morgan fingerprint density at radius 3 is 2.04 bits per heavy atom. The van der Waals surface area contributed by atoms with E-state index in [9.17, 15) is 37.5 Å². The molecule has 0 radical (unpaired) electrons. The fourth-order valence-electron chi connectivity index (χ4n) is 5.20. The second kappa shape index (κ2) is 18.4. The Labute approximate surface area is 294 Å². The minimum Gasteiger partial charge on any atom is -0.494 e. The number of amides is 2. The molecule has 4 aromatic carbocycles. The minimum absolute atomic E-state index is 0.0729. The van der Waals surface area contributed by atoms with Gasteiger partial charge in [-0.15, -0.1) is 0 Å². The highest BCUT2D eigenvalue weighted by Gasteiger charge is 2.33. The Hall–Kier alpha value is -5.65. The zero-order valence-electron chi connectivity index (χ0n) is 28.1. The minimum atomic E-state index is -4.61. The number of nitrogens with zero attached hydrogens (tertiary/aromatic N) is 1. The van der Waals surface area contributed by atoms with E-state index in [2.05, 4.69) is 12.2 Å². The van der Waals surface area contributed by atoms with Gasteiger partial charge in [0.25, 0.3) is 5.91 Å². The number of alkyl halides is 3. The van der Waals surface area contributed by atoms with Gasteiger partial charge in [-0.2, -0.15) is 13.2 Å². The fraction of sp³-hybridized carbons (Fsp3) is 0.282. The standard InChI is InChI=1S/C39H39F3N2O7/c1-2-3-4-5-8-23-50-32-21-15-29(16-22-32)38(49)51-33-19-11-27(12-20-33)25-44(26-36(46)47)37(48)28-13-17-31(18-14-28)43-35(45)24-30-9-6-7-10-34(30)39(40,41)42/h6-7,9-22H,2-5,8,23-26H2,1H3,(H,43,45)(H,46,47). The lowest BCUT2D eigenvalue weighted by Crippen LogP contribution is -2.35. The molecule has 0 bridgehead atoms. The average Bonchev–Trinajstić information content (AvgIpc) is 3.10. The van der Waals surface area contributed by atoms with E-state index in [1.165, 1.54) is 73.9 Å². The number of anilines is 1. The van der Waals surface area contributed by atoms with Crippen molar-refractivity contribution in [1.82, 2.24) is 4.90 Å². The predicted octanol–water partition coefficient (Wildman–Crippen LogP) is 8.18. The van der Waals surface area contributed by atoms with Crippen LogP contribution in [-0.4, -0.2) is 46.9 Å². The van der Waals surface area contributed by atoms with Crippen LogP contribution in [0.3, 0.4) is 0 Å². The van der Waals surface area contributed by atoms with E-state index < -0.39 is 48.5 Å². The van der Waals surface area contributed by atoms with E-state index in [4.69, 9.17) is 9.47 Å². The first-order chi connectivity index (χ1) is 24.4. The summed E-state index contributed by atoms with van der Waals surface area (Å²) in [6.07, 6.45) is 0.539. The third-order valence-corrected chi connectivity index (χ3v) is 7.82. The summed E-state index contributed by atoms with van der Waals surface area (Å²) < 4.78 is 51.1. The molecule has 2 N–H and O–H groups in total. The molecule has 9 nitrogen and oxygen atoms in total. The quantitative estimate of drug-likeness (QED) is 0.0646. The van der Waals surface area contributed by atoms with Gasteiger partial charge in [-0.25, -0.2) is 4.79 Å². The maximum absolute atomic E-state index is 13.3. The molecule has 0 aromatic heterocycles. The molecule has 0 aliphatic carbocycles. The van der Waals surface area contributed by atoms with Crippen molar-refractivity contribution >= 4 is 29.4 Å². The van der Waals surface area contributed by atoms with Gasteiger partial charge >= 0.3 is 18.1 Å². The first kappa shape index (κ1) is 38.2. The molecule has 0 fully saturated rings. The Morgan fingerprint density at radius 2 is 1.39 bits per heavy atom. The van der Waals surface area contributed by atoms with Gasteiger partial charge in [0, 0.05) is 17.8 Å². The second-order valence-corrected chi connectivity index (χ2v) is 11.8. The number of ether oxygens (including phenoxy) is 2. The van der Waals surface area contributed by atoms with Crippen molar-refractivity contribution in [2.45, 2.75) is 58.2 Å². The molecule has 0 spiro atoms.